The van der Waals surface area contributed by atoms with E-state index in [-0.39, 0.29) is 5.92 Å². The first-order valence-electron chi connectivity index (χ1n) is 6.80. The predicted molar refractivity (Wildman–Crippen MR) is 86.0 cm³/mol. The van der Waals surface area contributed by atoms with Crippen LogP contribution in [0.15, 0.2) is 60.6 Å². The number of rotatable bonds is 6. The zero-order valence-corrected chi connectivity index (χ0v) is 12.8. The second kappa shape index (κ2) is 7.56. The number of aromatic nitrogens is 1. The molecule has 5 nitrogen and oxygen atoms in total. The van der Waals surface area contributed by atoms with Crippen molar-refractivity contribution >= 4 is 11.6 Å². The molecule has 114 valence electrons. The van der Waals surface area contributed by atoms with Gasteiger partial charge in [-0.1, -0.05) is 54.9 Å². The number of hydrogen-bond acceptors (Lipinski definition) is 4. The maximum Gasteiger partial charge on any atom is 0.253 e. The normalized spacial score (nSPS) is 12.7. The number of nitrogens with one attached hydrogen (secondary N) is 1. The van der Waals surface area contributed by atoms with Crippen LogP contribution in [0.3, 0.4) is 0 Å². The van der Waals surface area contributed by atoms with Crippen molar-refractivity contribution in [3.05, 3.63) is 87.0 Å². The molecular formula is C16H16ClN3O2. The Kier molecular flexibility index (Phi) is 5.49. The summed E-state index contributed by atoms with van der Waals surface area (Å²) in [5, 5.41) is 14.4. The van der Waals surface area contributed by atoms with E-state index in [1.165, 1.54) is 0 Å². The molecule has 1 N–H and O–H groups in total. The van der Waals surface area contributed by atoms with Gasteiger partial charge in [0.25, 0.3) is 6.20 Å². The Balaban J connectivity index is 2.15. The molecule has 0 spiro atoms. The quantitative estimate of drug-likeness (QED) is 0.500. The van der Waals surface area contributed by atoms with Crippen molar-refractivity contribution in [1.82, 2.24) is 10.3 Å². The molecular weight excluding hydrogens is 302 g/mol. The lowest BCUT2D eigenvalue weighted by Crippen LogP contribution is -2.19. The molecule has 0 fully saturated rings. The molecule has 0 bridgehead atoms. The van der Waals surface area contributed by atoms with Crippen LogP contribution in [0.5, 0.6) is 0 Å². The first-order valence-corrected chi connectivity index (χ1v) is 7.18. The van der Waals surface area contributed by atoms with Crippen molar-refractivity contribution in [2.75, 3.05) is 0 Å². The van der Waals surface area contributed by atoms with Crippen LogP contribution in [0.1, 0.15) is 24.0 Å². The third kappa shape index (κ3) is 4.56. The van der Waals surface area contributed by atoms with Crippen molar-refractivity contribution in [2.45, 2.75) is 19.4 Å². The summed E-state index contributed by atoms with van der Waals surface area (Å²) in [6, 6.07) is 13.2. The minimum absolute atomic E-state index is 0.182. The first-order chi connectivity index (χ1) is 10.6. The van der Waals surface area contributed by atoms with E-state index in [9.17, 15) is 10.1 Å². The van der Waals surface area contributed by atoms with Crippen molar-refractivity contribution < 1.29 is 4.92 Å². The zero-order chi connectivity index (χ0) is 15.9. The second-order valence-corrected chi connectivity index (χ2v) is 5.23. The lowest BCUT2D eigenvalue weighted by atomic mass is 9.99. The fourth-order valence-electron chi connectivity index (χ4n) is 2.05. The van der Waals surface area contributed by atoms with Crippen LogP contribution >= 0.6 is 11.6 Å². The van der Waals surface area contributed by atoms with Crippen LogP contribution in [0.4, 0.5) is 0 Å². The predicted octanol–water partition coefficient (Wildman–Crippen LogP) is 3.75. The number of nitrogens with zero attached hydrogens (tertiary/aromatic N) is 2. The number of allylic oxidation sites excluding steroid dienone is 1. The standard InChI is InChI=1S/C16H16ClN3O2/c1-12(14-7-8-16(17)19-10-14)15(11-20(21)22)18-9-13-5-3-2-4-6-13/h2-8,10-12,18H,9H2,1H3. The van der Waals surface area contributed by atoms with Gasteiger partial charge in [-0.25, -0.2) is 4.98 Å². The summed E-state index contributed by atoms with van der Waals surface area (Å²) < 4.78 is 0. The Labute approximate surface area is 133 Å². The van der Waals surface area contributed by atoms with Crippen molar-refractivity contribution in [3.63, 3.8) is 0 Å². The van der Waals surface area contributed by atoms with Gasteiger partial charge in [0.1, 0.15) is 5.15 Å². The molecule has 0 radical (unpaired) electrons. The molecule has 6 heteroatoms. The van der Waals surface area contributed by atoms with E-state index in [1.54, 1.807) is 12.3 Å². The van der Waals surface area contributed by atoms with Gasteiger partial charge in [0.2, 0.25) is 0 Å². The fraction of sp³-hybridized carbons (Fsp3) is 0.188. The molecule has 22 heavy (non-hydrogen) atoms. The van der Waals surface area contributed by atoms with Crippen molar-refractivity contribution in [1.29, 1.82) is 0 Å². The van der Waals surface area contributed by atoms with Crippen LogP contribution in [0.2, 0.25) is 5.15 Å². The SMILES string of the molecule is CC(C(=C[N+](=O)[O-])NCc1ccccc1)c1ccc(Cl)nc1. The molecule has 2 aromatic rings. The highest BCUT2D eigenvalue weighted by molar-refractivity contribution is 6.29. The van der Waals surface area contributed by atoms with E-state index < -0.39 is 4.92 Å². The number of benzene rings is 1. The molecule has 1 aromatic carbocycles. The Bertz CT molecular complexity index is 657. The third-order valence-corrected chi connectivity index (χ3v) is 3.52. The van der Waals surface area contributed by atoms with E-state index in [4.69, 9.17) is 11.6 Å². The van der Waals surface area contributed by atoms with E-state index in [2.05, 4.69) is 10.3 Å². The summed E-state index contributed by atoms with van der Waals surface area (Å²) in [4.78, 5) is 14.4. The van der Waals surface area contributed by atoms with Gasteiger partial charge in [0.05, 0.1) is 10.6 Å². The molecule has 1 atom stereocenters. The van der Waals surface area contributed by atoms with E-state index >= 15 is 0 Å². The molecule has 0 aliphatic heterocycles. The summed E-state index contributed by atoms with van der Waals surface area (Å²) in [6.07, 6.45) is 2.63. The summed E-state index contributed by atoms with van der Waals surface area (Å²) in [5.41, 5.74) is 2.44. The molecule has 1 aromatic heterocycles. The highest BCUT2D eigenvalue weighted by atomic mass is 35.5. The molecule has 1 heterocycles. The summed E-state index contributed by atoms with van der Waals surface area (Å²) in [7, 11) is 0. The maximum absolute atomic E-state index is 10.9. The number of nitro groups is 1. The van der Waals surface area contributed by atoms with Gasteiger partial charge in [-0.15, -0.1) is 0 Å². The largest absolute Gasteiger partial charge is 0.379 e. The highest BCUT2D eigenvalue weighted by Crippen LogP contribution is 2.22. The van der Waals surface area contributed by atoms with Crippen LogP contribution < -0.4 is 5.32 Å². The Hall–Kier alpha value is -2.40. The summed E-state index contributed by atoms with van der Waals surface area (Å²) >= 11 is 5.77. The minimum atomic E-state index is -0.451. The monoisotopic (exact) mass is 317 g/mol. The van der Waals surface area contributed by atoms with E-state index in [0.29, 0.717) is 17.4 Å². The molecule has 0 aliphatic carbocycles. The molecule has 0 saturated carbocycles. The smallest absolute Gasteiger partial charge is 0.253 e. The van der Waals surface area contributed by atoms with E-state index in [1.807, 2.05) is 43.3 Å². The third-order valence-electron chi connectivity index (χ3n) is 3.30. The number of hydrogen-bond donors (Lipinski definition) is 1. The van der Waals surface area contributed by atoms with Crippen LogP contribution in [-0.2, 0) is 6.54 Å². The van der Waals surface area contributed by atoms with Gasteiger partial charge in [0, 0.05) is 18.7 Å². The van der Waals surface area contributed by atoms with Gasteiger partial charge in [-0.2, -0.15) is 0 Å². The van der Waals surface area contributed by atoms with Gasteiger partial charge in [-0.3, -0.25) is 10.1 Å². The van der Waals surface area contributed by atoms with Crippen molar-refractivity contribution in [3.8, 4) is 0 Å². The zero-order valence-electron chi connectivity index (χ0n) is 12.1. The van der Waals surface area contributed by atoms with Gasteiger partial charge < -0.3 is 5.32 Å². The minimum Gasteiger partial charge on any atom is -0.379 e. The number of halogens is 1. The fourth-order valence-corrected chi connectivity index (χ4v) is 2.16. The average molecular weight is 318 g/mol. The Morgan fingerprint density at radius 3 is 2.68 bits per heavy atom. The van der Waals surface area contributed by atoms with Crippen LogP contribution in [-0.4, -0.2) is 9.91 Å². The average Bonchev–Trinajstić information content (AvgIpc) is 2.52. The Morgan fingerprint density at radius 1 is 1.36 bits per heavy atom. The van der Waals surface area contributed by atoms with Gasteiger partial charge in [0.15, 0.2) is 0 Å². The molecule has 0 amide bonds. The van der Waals surface area contributed by atoms with Crippen molar-refractivity contribution in [2.24, 2.45) is 0 Å². The summed E-state index contributed by atoms with van der Waals surface area (Å²) in [5.74, 6) is -0.182. The van der Waals surface area contributed by atoms with Crippen LogP contribution in [0, 0.1) is 10.1 Å². The number of pyridine rings is 1. The topological polar surface area (TPSA) is 68.1 Å². The maximum atomic E-state index is 10.9. The van der Waals surface area contributed by atoms with Gasteiger partial charge in [-0.05, 0) is 17.2 Å². The lowest BCUT2D eigenvalue weighted by Gasteiger charge is -2.16. The highest BCUT2D eigenvalue weighted by Gasteiger charge is 2.15. The molecule has 1 unspecified atom stereocenters. The molecule has 0 aliphatic rings. The first kappa shape index (κ1) is 16.0. The van der Waals surface area contributed by atoms with E-state index in [0.717, 1.165) is 17.3 Å². The van der Waals surface area contributed by atoms with Gasteiger partial charge >= 0.3 is 0 Å². The molecule has 2 rings (SSSR count). The summed E-state index contributed by atoms with van der Waals surface area (Å²) in [6.45, 7) is 2.41. The van der Waals surface area contributed by atoms with Crippen LogP contribution in [0.25, 0.3) is 0 Å². The molecule has 0 saturated heterocycles. The second-order valence-electron chi connectivity index (χ2n) is 4.84. The Morgan fingerprint density at radius 2 is 2.09 bits per heavy atom. The lowest BCUT2D eigenvalue weighted by molar-refractivity contribution is -0.404.